The Hall–Kier alpha value is -2.10. The van der Waals surface area contributed by atoms with Crippen LogP contribution < -0.4 is 9.47 Å². The standard InChI is InChI=1S/C30H46N2O2/c1-2-3-4-8-13-22-33-28-20-18-27(19-21-28)30-31-24-29(25-32-30)34-23-14-9-6-5-7-10-15-26-16-11-12-17-26/h18-21,24-26H,2-17,22-23H2,1H3. The number of hydrogen-bond donors (Lipinski definition) is 0. The summed E-state index contributed by atoms with van der Waals surface area (Å²) in [7, 11) is 0. The molecule has 3 rings (SSSR count). The summed E-state index contributed by atoms with van der Waals surface area (Å²) in [6, 6.07) is 8.06. The van der Waals surface area contributed by atoms with Crippen molar-refractivity contribution in [3.05, 3.63) is 36.7 Å². The number of rotatable bonds is 18. The maximum Gasteiger partial charge on any atom is 0.159 e. The highest BCUT2D eigenvalue weighted by Crippen LogP contribution is 2.29. The van der Waals surface area contributed by atoms with Crippen molar-refractivity contribution in [3.8, 4) is 22.9 Å². The summed E-state index contributed by atoms with van der Waals surface area (Å²) in [6.45, 7) is 3.77. The third-order valence-corrected chi connectivity index (χ3v) is 7.01. The van der Waals surface area contributed by atoms with Crippen molar-refractivity contribution in [2.45, 2.75) is 110 Å². The summed E-state index contributed by atoms with van der Waals surface area (Å²) in [4.78, 5) is 8.97. The molecule has 1 heterocycles. The number of aromatic nitrogens is 2. The Bertz CT molecular complexity index is 754. The average Bonchev–Trinajstić information content (AvgIpc) is 3.39. The Kier molecular flexibility index (Phi) is 12.9. The monoisotopic (exact) mass is 466 g/mol. The first-order valence-corrected chi connectivity index (χ1v) is 14.0. The second-order valence-corrected chi connectivity index (χ2v) is 9.94. The van der Waals surface area contributed by atoms with E-state index in [1.54, 1.807) is 12.4 Å². The minimum Gasteiger partial charge on any atom is -0.494 e. The fourth-order valence-corrected chi connectivity index (χ4v) is 4.87. The molecule has 2 aromatic rings. The van der Waals surface area contributed by atoms with E-state index in [-0.39, 0.29) is 0 Å². The number of ether oxygens (including phenoxy) is 2. The molecule has 0 spiro atoms. The van der Waals surface area contributed by atoms with Gasteiger partial charge in [-0.15, -0.1) is 0 Å². The topological polar surface area (TPSA) is 44.2 Å². The fraction of sp³-hybridized carbons (Fsp3) is 0.667. The van der Waals surface area contributed by atoms with Crippen LogP contribution in [0.15, 0.2) is 36.7 Å². The quantitative estimate of drug-likeness (QED) is 0.206. The van der Waals surface area contributed by atoms with Crippen molar-refractivity contribution < 1.29 is 9.47 Å². The van der Waals surface area contributed by atoms with Crippen LogP contribution >= 0.6 is 0 Å². The third-order valence-electron chi connectivity index (χ3n) is 7.01. The maximum absolute atomic E-state index is 5.85. The first-order chi connectivity index (χ1) is 16.8. The molecule has 0 aliphatic heterocycles. The van der Waals surface area contributed by atoms with Crippen LogP contribution in [0, 0.1) is 5.92 Å². The Morgan fingerprint density at radius 1 is 0.676 bits per heavy atom. The third kappa shape index (κ3) is 10.4. The molecule has 1 aromatic heterocycles. The average molecular weight is 467 g/mol. The molecule has 0 radical (unpaired) electrons. The molecule has 0 unspecified atom stereocenters. The Morgan fingerprint density at radius 3 is 1.88 bits per heavy atom. The lowest BCUT2D eigenvalue weighted by atomic mass is 9.99. The summed E-state index contributed by atoms with van der Waals surface area (Å²) in [6.07, 6.45) is 25.1. The molecule has 0 saturated heterocycles. The Morgan fingerprint density at radius 2 is 1.24 bits per heavy atom. The first kappa shape index (κ1) is 26.5. The van der Waals surface area contributed by atoms with E-state index in [0.29, 0.717) is 0 Å². The number of unbranched alkanes of at least 4 members (excludes halogenated alkanes) is 9. The van der Waals surface area contributed by atoms with E-state index >= 15 is 0 Å². The van der Waals surface area contributed by atoms with Gasteiger partial charge in [0, 0.05) is 5.56 Å². The Balaban J connectivity index is 1.23. The molecule has 1 aliphatic carbocycles. The number of nitrogens with zero attached hydrogens (tertiary/aromatic N) is 2. The number of benzene rings is 1. The minimum absolute atomic E-state index is 0.719. The molecule has 4 nitrogen and oxygen atoms in total. The van der Waals surface area contributed by atoms with Gasteiger partial charge in [-0.3, -0.25) is 0 Å². The van der Waals surface area contributed by atoms with Gasteiger partial charge in [0.2, 0.25) is 0 Å². The van der Waals surface area contributed by atoms with Crippen molar-refractivity contribution in [2.24, 2.45) is 5.92 Å². The second-order valence-electron chi connectivity index (χ2n) is 9.94. The predicted molar refractivity (Wildman–Crippen MR) is 141 cm³/mol. The zero-order valence-electron chi connectivity index (χ0n) is 21.5. The molecule has 1 aliphatic rings. The van der Waals surface area contributed by atoms with Crippen LogP contribution in [-0.2, 0) is 0 Å². The van der Waals surface area contributed by atoms with Crippen molar-refractivity contribution in [3.63, 3.8) is 0 Å². The highest BCUT2D eigenvalue weighted by molar-refractivity contribution is 5.56. The molecule has 188 valence electrons. The van der Waals surface area contributed by atoms with Crippen LogP contribution in [0.2, 0.25) is 0 Å². The summed E-state index contributed by atoms with van der Waals surface area (Å²) < 4.78 is 11.7. The van der Waals surface area contributed by atoms with Gasteiger partial charge < -0.3 is 9.47 Å². The van der Waals surface area contributed by atoms with Gasteiger partial charge in [0.05, 0.1) is 25.6 Å². The SMILES string of the molecule is CCCCCCCOc1ccc(-c2ncc(OCCCCCCCCC3CCCC3)cn2)cc1. The lowest BCUT2D eigenvalue weighted by Gasteiger charge is -2.09. The van der Waals surface area contributed by atoms with Gasteiger partial charge >= 0.3 is 0 Å². The van der Waals surface area contributed by atoms with Gasteiger partial charge in [-0.25, -0.2) is 9.97 Å². The molecule has 4 heteroatoms. The zero-order valence-corrected chi connectivity index (χ0v) is 21.5. The summed E-state index contributed by atoms with van der Waals surface area (Å²) in [5.74, 6) is 3.43. The smallest absolute Gasteiger partial charge is 0.159 e. The molecule has 0 N–H and O–H groups in total. The van der Waals surface area contributed by atoms with E-state index in [2.05, 4.69) is 16.9 Å². The van der Waals surface area contributed by atoms with Gasteiger partial charge in [-0.2, -0.15) is 0 Å². The molecule has 1 saturated carbocycles. The van der Waals surface area contributed by atoms with Crippen LogP contribution in [0.3, 0.4) is 0 Å². The van der Waals surface area contributed by atoms with Crippen molar-refractivity contribution in [1.29, 1.82) is 0 Å². The molecule has 0 amide bonds. The van der Waals surface area contributed by atoms with Crippen LogP contribution in [-0.4, -0.2) is 23.2 Å². The van der Waals surface area contributed by atoms with Gasteiger partial charge in [0.1, 0.15) is 5.75 Å². The lowest BCUT2D eigenvalue weighted by molar-refractivity contribution is 0.302. The van der Waals surface area contributed by atoms with Crippen LogP contribution in [0.5, 0.6) is 11.5 Å². The van der Waals surface area contributed by atoms with E-state index in [4.69, 9.17) is 9.47 Å². The highest BCUT2D eigenvalue weighted by atomic mass is 16.5. The molecular weight excluding hydrogens is 420 g/mol. The normalized spacial score (nSPS) is 13.9. The van der Waals surface area contributed by atoms with Crippen molar-refractivity contribution in [1.82, 2.24) is 9.97 Å². The minimum atomic E-state index is 0.719. The van der Waals surface area contributed by atoms with E-state index in [1.807, 2.05) is 24.3 Å². The summed E-state index contributed by atoms with van der Waals surface area (Å²) in [5.41, 5.74) is 0.995. The highest BCUT2D eigenvalue weighted by Gasteiger charge is 2.13. The lowest BCUT2D eigenvalue weighted by Crippen LogP contribution is -1.99. The van der Waals surface area contributed by atoms with Gasteiger partial charge in [0.25, 0.3) is 0 Å². The molecule has 34 heavy (non-hydrogen) atoms. The van der Waals surface area contributed by atoms with Crippen molar-refractivity contribution in [2.75, 3.05) is 13.2 Å². The predicted octanol–water partition coefficient (Wildman–Crippen LogP) is 8.79. The second kappa shape index (κ2) is 16.5. The van der Waals surface area contributed by atoms with Gasteiger partial charge in [-0.1, -0.05) is 96.8 Å². The van der Waals surface area contributed by atoms with Crippen LogP contribution in [0.25, 0.3) is 11.4 Å². The molecule has 1 fully saturated rings. The van der Waals surface area contributed by atoms with Crippen LogP contribution in [0.4, 0.5) is 0 Å². The molecule has 0 bridgehead atoms. The summed E-state index contributed by atoms with van der Waals surface area (Å²) >= 11 is 0. The van der Waals surface area contributed by atoms with E-state index in [0.717, 1.165) is 54.9 Å². The Labute approximate surface area is 207 Å². The molecule has 0 atom stereocenters. The maximum atomic E-state index is 5.85. The van der Waals surface area contributed by atoms with Gasteiger partial charge in [-0.05, 0) is 43.0 Å². The summed E-state index contributed by atoms with van der Waals surface area (Å²) in [5, 5.41) is 0. The van der Waals surface area contributed by atoms with E-state index in [1.165, 1.54) is 89.9 Å². The largest absolute Gasteiger partial charge is 0.494 e. The van der Waals surface area contributed by atoms with Gasteiger partial charge in [0.15, 0.2) is 11.6 Å². The van der Waals surface area contributed by atoms with E-state index in [9.17, 15) is 0 Å². The molecular formula is C30H46N2O2. The number of hydrogen-bond acceptors (Lipinski definition) is 4. The van der Waals surface area contributed by atoms with E-state index < -0.39 is 0 Å². The van der Waals surface area contributed by atoms with Crippen LogP contribution in [0.1, 0.15) is 110 Å². The zero-order chi connectivity index (χ0) is 23.7. The van der Waals surface area contributed by atoms with Crippen molar-refractivity contribution >= 4 is 0 Å². The first-order valence-electron chi connectivity index (χ1n) is 14.0. The fourth-order valence-electron chi connectivity index (χ4n) is 4.87. The molecule has 1 aromatic carbocycles.